The van der Waals surface area contributed by atoms with Gasteiger partial charge < -0.3 is 15.0 Å². The smallest absolute Gasteiger partial charge is 0.234 e. The third-order valence-corrected chi connectivity index (χ3v) is 3.62. The quantitative estimate of drug-likeness (QED) is 0.760. The number of aryl methyl sites for hydroxylation is 1. The molecule has 5 nitrogen and oxygen atoms in total. The number of methoxy groups -OCH3 is 1. The minimum atomic E-state index is -0.0491. The predicted octanol–water partition coefficient (Wildman–Crippen LogP) is 1.42. The fraction of sp³-hybridized carbons (Fsp3) is 0.833. The van der Waals surface area contributed by atoms with Crippen molar-refractivity contribution in [2.24, 2.45) is 5.73 Å². The SMILES string of the molecule is COCCCc1noc(C2(CN)CCCC2)n1. The maximum atomic E-state index is 5.88. The van der Waals surface area contributed by atoms with Crippen LogP contribution in [0.4, 0.5) is 0 Å². The number of hydrogen-bond donors (Lipinski definition) is 1. The van der Waals surface area contributed by atoms with E-state index in [0.717, 1.165) is 44.0 Å². The summed E-state index contributed by atoms with van der Waals surface area (Å²) in [4.78, 5) is 4.49. The van der Waals surface area contributed by atoms with Crippen LogP contribution >= 0.6 is 0 Å². The Hall–Kier alpha value is -0.940. The van der Waals surface area contributed by atoms with Crippen LogP contribution in [0, 0.1) is 0 Å². The second kappa shape index (κ2) is 5.60. The summed E-state index contributed by atoms with van der Waals surface area (Å²) in [7, 11) is 1.70. The molecule has 1 saturated carbocycles. The Morgan fingerprint density at radius 3 is 2.82 bits per heavy atom. The number of rotatable bonds is 6. The van der Waals surface area contributed by atoms with E-state index in [0.29, 0.717) is 6.54 Å². The van der Waals surface area contributed by atoms with Gasteiger partial charge in [0.1, 0.15) is 0 Å². The molecule has 96 valence electrons. The molecule has 0 saturated heterocycles. The summed E-state index contributed by atoms with van der Waals surface area (Å²) in [5.41, 5.74) is 5.83. The van der Waals surface area contributed by atoms with Crippen LogP contribution < -0.4 is 5.73 Å². The van der Waals surface area contributed by atoms with Gasteiger partial charge in [0.25, 0.3) is 0 Å². The van der Waals surface area contributed by atoms with Gasteiger partial charge in [-0.15, -0.1) is 0 Å². The molecule has 0 radical (unpaired) electrons. The lowest BCUT2D eigenvalue weighted by Crippen LogP contribution is -2.32. The zero-order chi connectivity index (χ0) is 12.1. The molecule has 0 unspecified atom stereocenters. The van der Waals surface area contributed by atoms with E-state index in [1.54, 1.807) is 7.11 Å². The number of nitrogens with two attached hydrogens (primary N) is 1. The molecule has 1 aromatic heterocycles. The Balaban J connectivity index is 2.01. The van der Waals surface area contributed by atoms with E-state index < -0.39 is 0 Å². The van der Waals surface area contributed by atoms with Crippen LogP contribution in [0.1, 0.15) is 43.8 Å². The Bertz CT molecular complexity index is 345. The van der Waals surface area contributed by atoms with Crippen LogP contribution in [-0.2, 0) is 16.6 Å². The number of ether oxygens (including phenoxy) is 1. The number of aromatic nitrogens is 2. The fourth-order valence-corrected chi connectivity index (χ4v) is 2.50. The highest BCUT2D eigenvalue weighted by molar-refractivity contribution is 5.09. The Morgan fingerprint density at radius 2 is 2.18 bits per heavy atom. The van der Waals surface area contributed by atoms with Gasteiger partial charge in [-0.25, -0.2) is 0 Å². The van der Waals surface area contributed by atoms with Crippen LogP contribution in [0.15, 0.2) is 4.52 Å². The summed E-state index contributed by atoms with van der Waals surface area (Å²) in [5, 5.41) is 4.03. The van der Waals surface area contributed by atoms with E-state index >= 15 is 0 Å². The van der Waals surface area contributed by atoms with Gasteiger partial charge in [0.2, 0.25) is 5.89 Å². The van der Waals surface area contributed by atoms with E-state index in [4.69, 9.17) is 15.0 Å². The molecule has 2 N–H and O–H groups in total. The molecular weight excluding hydrogens is 218 g/mol. The third kappa shape index (κ3) is 2.66. The van der Waals surface area contributed by atoms with Gasteiger partial charge in [-0.05, 0) is 19.3 Å². The van der Waals surface area contributed by atoms with Crippen molar-refractivity contribution in [1.29, 1.82) is 0 Å². The lowest BCUT2D eigenvalue weighted by molar-refractivity contribution is 0.194. The zero-order valence-corrected chi connectivity index (χ0v) is 10.4. The minimum Gasteiger partial charge on any atom is -0.385 e. The normalized spacial score (nSPS) is 18.7. The lowest BCUT2D eigenvalue weighted by Gasteiger charge is -2.21. The van der Waals surface area contributed by atoms with Crippen LogP contribution in [0.25, 0.3) is 0 Å². The maximum absolute atomic E-state index is 5.88. The minimum absolute atomic E-state index is 0.0491. The van der Waals surface area contributed by atoms with E-state index in [1.165, 1.54) is 12.8 Å². The van der Waals surface area contributed by atoms with Crippen LogP contribution in [0.5, 0.6) is 0 Å². The molecule has 0 atom stereocenters. The largest absolute Gasteiger partial charge is 0.385 e. The summed E-state index contributed by atoms with van der Waals surface area (Å²) in [6.45, 7) is 1.33. The van der Waals surface area contributed by atoms with Crippen molar-refractivity contribution in [1.82, 2.24) is 10.1 Å². The first-order valence-electron chi connectivity index (χ1n) is 6.33. The first-order valence-corrected chi connectivity index (χ1v) is 6.33. The first-order chi connectivity index (χ1) is 8.30. The Morgan fingerprint density at radius 1 is 1.41 bits per heavy atom. The summed E-state index contributed by atoms with van der Waals surface area (Å²) < 4.78 is 10.4. The maximum Gasteiger partial charge on any atom is 0.234 e. The number of nitrogens with zero attached hydrogens (tertiary/aromatic N) is 2. The van der Waals surface area contributed by atoms with Crippen LogP contribution in [-0.4, -0.2) is 30.4 Å². The van der Waals surface area contributed by atoms with Crippen molar-refractivity contribution in [2.75, 3.05) is 20.3 Å². The summed E-state index contributed by atoms with van der Waals surface area (Å²) in [6.07, 6.45) is 6.28. The highest BCUT2D eigenvalue weighted by Gasteiger charge is 2.39. The second-order valence-electron chi connectivity index (χ2n) is 4.80. The van der Waals surface area contributed by atoms with Crippen LogP contribution in [0.2, 0.25) is 0 Å². The van der Waals surface area contributed by atoms with Crippen molar-refractivity contribution < 1.29 is 9.26 Å². The van der Waals surface area contributed by atoms with Gasteiger partial charge in [0, 0.05) is 26.7 Å². The monoisotopic (exact) mass is 239 g/mol. The van der Waals surface area contributed by atoms with E-state index in [2.05, 4.69) is 10.1 Å². The van der Waals surface area contributed by atoms with E-state index in [1.807, 2.05) is 0 Å². The highest BCUT2D eigenvalue weighted by atomic mass is 16.5. The first kappa shape index (κ1) is 12.5. The van der Waals surface area contributed by atoms with Gasteiger partial charge >= 0.3 is 0 Å². The zero-order valence-electron chi connectivity index (χ0n) is 10.4. The molecule has 0 aliphatic heterocycles. The molecule has 0 aromatic carbocycles. The standard InChI is InChI=1S/C12H21N3O2/c1-16-8-4-5-10-14-11(17-15-10)12(9-13)6-2-3-7-12/h2-9,13H2,1H3. The van der Waals surface area contributed by atoms with Crippen molar-refractivity contribution in [3.8, 4) is 0 Å². The van der Waals surface area contributed by atoms with Crippen molar-refractivity contribution in [2.45, 2.75) is 43.9 Å². The Labute approximate surface area is 102 Å². The predicted molar refractivity (Wildman–Crippen MR) is 63.7 cm³/mol. The molecule has 5 heteroatoms. The molecule has 1 aliphatic carbocycles. The molecule has 1 aliphatic rings. The molecule has 0 bridgehead atoms. The van der Waals surface area contributed by atoms with Crippen molar-refractivity contribution in [3.05, 3.63) is 11.7 Å². The van der Waals surface area contributed by atoms with Gasteiger partial charge in [0.05, 0.1) is 5.41 Å². The highest BCUT2D eigenvalue weighted by Crippen LogP contribution is 2.39. The second-order valence-corrected chi connectivity index (χ2v) is 4.80. The molecule has 1 aromatic rings. The number of hydrogen-bond acceptors (Lipinski definition) is 5. The average molecular weight is 239 g/mol. The fourth-order valence-electron chi connectivity index (χ4n) is 2.50. The van der Waals surface area contributed by atoms with Gasteiger partial charge in [-0.3, -0.25) is 0 Å². The van der Waals surface area contributed by atoms with Crippen LogP contribution in [0.3, 0.4) is 0 Å². The van der Waals surface area contributed by atoms with Gasteiger partial charge in [-0.2, -0.15) is 4.98 Å². The van der Waals surface area contributed by atoms with Gasteiger partial charge in [-0.1, -0.05) is 18.0 Å². The van der Waals surface area contributed by atoms with Crippen molar-refractivity contribution >= 4 is 0 Å². The molecular formula is C12H21N3O2. The summed E-state index contributed by atoms with van der Waals surface area (Å²) in [6, 6.07) is 0. The molecule has 2 rings (SSSR count). The summed E-state index contributed by atoms with van der Waals surface area (Å²) >= 11 is 0. The molecule has 17 heavy (non-hydrogen) atoms. The molecule has 0 spiro atoms. The molecule has 0 amide bonds. The van der Waals surface area contributed by atoms with Crippen molar-refractivity contribution in [3.63, 3.8) is 0 Å². The third-order valence-electron chi connectivity index (χ3n) is 3.62. The summed E-state index contributed by atoms with van der Waals surface area (Å²) in [5.74, 6) is 1.52. The molecule has 1 heterocycles. The topological polar surface area (TPSA) is 74.2 Å². The van der Waals surface area contributed by atoms with E-state index in [9.17, 15) is 0 Å². The molecule has 1 fully saturated rings. The average Bonchev–Trinajstić information content (AvgIpc) is 2.98. The van der Waals surface area contributed by atoms with Gasteiger partial charge in [0.15, 0.2) is 5.82 Å². The van der Waals surface area contributed by atoms with E-state index in [-0.39, 0.29) is 5.41 Å². The Kier molecular flexibility index (Phi) is 4.12. The lowest BCUT2D eigenvalue weighted by atomic mass is 9.86.